The molecule has 68 heavy (non-hydrogen) atoms. The van der Waals surface area contributed by atoms with Crippen LogP contribution in [0.1, 0.15) is 18.4 Å². The zero-order chi connectivity index (χ0) is 49.7. The minimum Gasteiger partial charge on any atom is -0.507 e. The first kappa shape index (κ1) is 49.7. The van der Waals surface area contributed by atoms with Crippen LogP contribution in [0.2, 0.25) is 0 Å². The summed E-state index contributed by atoms with van der Waals surface area (Å²) in [5, 5.41) is 133. The van der Waals surface area contributed by atoms with Gasteiger partial charge in [0.1, 0.15) is 85.7 Å². The summed E-state index contributed by atoms with van der Waals surface area (Å²) >= 11 is 0. The maximum Gasteiger partial charge on any atom is 0.402 e. The number of hydrogen-bond donors (Lipinski definition) is 13. The summed E-state index contributed by atoms with van der Waals surface area (Å²) in [6.07, 6.45) is -20.1. The number of hydrogen-bond acceptors (Lipinski definition) is 23. The Labute approximate surface area is 379 Å². The zero-order valence-electron chi connectivity index (χ0n) is 34.5. The van der Waals surface area contributed by atoms with Crippen molar-refractivity contribution in [2.75, 3.05) is 13.2 Å². The van der Waals surface area contributed by atoms with Gasteiger partial charge in [-0.15, -0.1) is 0 Å². The number of carboxylic acids is 2. The summed E-state index contributed by atoms with van der Waals surface area (Å²) in [6.45, 7) is -1.73. The average molecular weight is 962 g/mol. The first-order valence-electron chi connectivity index (χ1n) is 19.7. The van der Waals surface area contributed by atoms with Crippen LogP contribution < -0.4 is 9.47 Å². The predicted molar refractivity (Wildman–Crippen MR) is 216 cm³/mol. The van der Waals surface area contributed by atoms with Crippen molar-refractivity contribution in [3.05, 3.63) is 60.2 Å². The number of benzene rings is 3. The van der Waals surface area contributed by atoms with Crippen molar-refractivity contribution in [1.82, 2.24) is 0 Å². The van der Waals surface area contributed by atoms with E-state index < -0.39 is 169 Å². The molecule has 3 aromatic carbocycles. The Hall–Kier alpha value is -7.72. The van der Waals surface area contributed by atoms with Crippen LogP contribution in [0.3, 0.4) is 0 Å². The molecule has 13 N–H and O–H groups in total. The Bertz CT molecular complexity index is 2570. The SMILES string of the molecule is O=C(O)CC(=O)OCC1O[C@@H](Oc2cc(O)cc3[o+]c(-c4cc(O)c(O)c(O)c4)c(O[C@@H]4OC(COC(=O)/C=C/c5ccc(O)c(O)c5)[C@@H](O)C(O)C4O)cc23)C(O)[C@@H](O)[C@@H]1OC(=O)CC(=O)O. The van der Waals surface area contributed by atoms with E-state index in [0.29, 0.717) is 0 Å². The van der Waals surface area contributed by atoms with E-state index in [4.69, 9.17) is 47.8 Å². The lowest BCUT2D eigenvalue weighted by atomic mass is 9.98. The van der Waals surface area contributed by atoms with Gasteiger partial charge in [0.25, 0.3) is 0 Å². The number of aliphatic hydroxyl groups is 5. The average Bonchev–Trinajstić information content (AvgIpc) is 3.26. The molecule has 0 saturated carbocycles. The van der Waals surface area contributed by atoms with Crippen molar-refractivity contribution in [1.29, 1.82) is 0 Å². The monoisotopic (exact) mass is 961 g/mol. The minimum atomic E-state index is -2.20. The van der Waals surface area contributed by atoms with E-state index in [-0.39, 0.29) is 22.1 Å². The van der Waals surface area contributed by atoms with Crippen LogP contribution in [0.4, 0.5) is 0 Å². The molecule has 0 amide bonds. The predicted octanol–water partition coefficient (Wildman–Crippen LogP) is -0.713. The maximum absolute atomic E-state index is 12.6. The second-order valence-electron chi connectivity index (χ2n) is 14.9. The number of aliphatic hydroxyl groups excluding tert-OH is 5. The van der Waals surface area contributed by atoms with Crippen LogP contribution in [0, 0.1) is 0 Å². The summed E-state index contributed by atoms with van der Waals surface area (Å²) in [5.41, 5.74) is -0.314. The number of fused-ring (bicyclic) bond motifs is 1. The molecule has 2 aliphatic heterocycles. The second-order valence-corrected chi connectivity index (χ2v) is 14.9. The molecule has 4 aromatic rings. The van der Waals surface area contributed by atoms with Gasteiger partial charge in [-0.2, -0.15) is 0 Å². The van der Waals surface area contributed by atoms with Crippen molar-refractivity contribution in [3.8, 4) is 57.3 Å². The molecule has 364 valence electrons. The van der Waals surface area contributed by atoms with Crippen molar-refractivity contribution in [2.45, 2.75) is 74.3 Å². The van der Waals surface area contributed by atoms with Gasteiger partial charge in [0.2, 0.25) is 18.3 Å². The smallest absolute Gasteiger partial charge is 0.402 e. The third-order valence-electron chi connectivity index (χ3n) is 10.00. The van der Waals surface area contributed by atoms with Crippen molar-refractivity contribution in [3.63, 3.8) is 0 Å². The highest BCUT2D eigenvalue weighted by Gasteiger charge is 2.50. The highest BCUT2D eigenvalue weighted by atomic mass is 16.7. The molecule has 0 spiro atoms. The molecule has 0 radical (unpaired) electrons. The Morgan fingerprint density at radius 3 is 1.87 bits per heavy atom. The molecule has 5 unspecified atom stereocenters. The van der Waals surface area contributed by atoms with Gasteiger partial charge in [0.05, 0.1) is 11.6 Å². The quantitative estimate of drug-likeness (QED) is 0.0165. The third-order valence-corrected chi connectivity index (χ3v) is 10.00. The molecule has 26 nitrogen and oxygen atoms in total. The van der Waals surface area contributed by atoms with Crippen LogP contribution in [-0.2, 0) is 47.7 Å². The van der Waals surface area contributed by atoms with E-state index in [1.54, 1.807) is 0 Å². The molecule has 10 atom stereocenters. The van der Waals surface area contributed by atoms with Gasteiger partial charge >= 0.3 is 41.2 Å². The van der Waals surface area contributed by atoms with Crippen LogP contribution in [0.25, 0.3) is 28.4 Å². The first-order chi connectivity index (χ1) is 32.1. The number of phenols is 6. The van der Waals surface area contributed by atoms with Crippen molar-refractivity contribution < 1.29 is 128 Å². The summed E-state index contributed by atoms with van der Waals surface area (Å²) in [5.74, 6) is -12.7. The summed E-state index contributed by atoms with van der Waals surface area (Å²) < 4.78 is 44.3. The van der Waals surface area contributed by atoms with Gasteiger partial charge in [0, 0.05) is 30.3 Å². The van der Waals surface area contributed by atoms with Gasteiger partial charge in [-0.05, 0) is 23.8 Å². The van der Waals surface area contributed by atoms with Crippen molar-refractivity contribution in [2.24, 2.45) is 0 Å². The Kier molecular flexibility index (Phi) is 15.2. The molecule has 2 aliphatic rings. The van der Waals surface area contributed by atoms with Crippen LogP contribution in [-0.4, -0.2) is 171 Å². The van der Waals surface area contributed by atoms with Gasteiger partial charge in [-0.3, -0.25) is 19.2 Å². The normalized spacial score (nSPS) is 24.8. The fourth-order valence-corrected chi connectivity index (χ4v) is 6.66. The van der Waals surface area contributed by atoms with Gasteiger partial charge in [0.15, 0.2) is 34.9 Å². The molecule has 1 aromatic heterocycles. The highest BCUT2D eigenvalue weighted by molar-refractivity contribution is 5.91. The second kappa shape index (κ2) is 20.8. The first-order valence-corrected chi connectivity index (χ1v) is 19.7. The lowest BCUT2D eigenvalue weighted by Crippen LogP contribution is -2.61. The lowest BCUT2D eigenvalue weighted by Gasteiger charge is -2.41. The zero-order valence-corrected chi connectivity index (χ0v) is 34.5. The Morgan fingerprint density at radius 1 is 0.618 bits per heavy atom. The maximum atomic E-state index is 12.6. The number of carboxylic acid groups (broad SMARTS) is 2. The van der Waals surface area contributed by atoms with Gasteiger partial charge in [-0.25, -0.2) is 9.21 Å². The molecule has 3 heterocycles. The highest BCUT2D eigenvalue weighted by Crippen LogP contribution is 2.45. The standard InChI is InChI=1S/C42H40O26/c43-17-8-23-18(24(9-17)64-42-38(60)36(58)40(68-32(54)12-29(50)51)27(67-42)14-62-31(53)11-28(48)49)10-25(39(63-23)16-6-21(46)33(55)22(47)7-16)65-41-37(59)35(57)34(56)26(66-41)13-61-30(52)4-2-15-1-3-19(44)20(45)5-15/h1-10,26-27,34-38,40-42,56-60H,11-14H2,(H7-,43,44,45,46,47,48,49,50,51,52,55)/p+1/t26?,27?,34-,35?,36-,37?,38?,40-,41-,42-/m1/s1. The number of carbonyl (C=O) groups excluding carboxylic acids is 3. The Balaban J connectivity index is 1.33. The lowest BCUT2D eigenvalue weighted by molar-refractivity contribution is -0.282. The van der Waals surface area contributed by atoms with E-state index in [0.717, 1.165) is 48.5 Å². The number of rotatable bonds is 16. The summed E-state index contributed by atoms with van der Waals surface area (Å²) in [7, 11) is 0. The molecule has 26 heteroatoms. The molecular weight excluding hydrogens is 920 g/mol. The van der Waals surface area contributed by atoms with E-state index >= 15 is 0 Å². The molecule has 0 bridgehead atoms. The fourth-order valence-electron chi connectivity index (χ4n) is 6.66. The fraction of sp³-hybridized carbons (Fsp3) is 0.333. The largest absolute Gasteiger partial charge is 0.507 e. The Morgan fingerprint density at radius 2 is 1.22 bits per heavy atom. The molecular formula is C42H41O26+. The van der Waals surface area contributed by atoms with E-state index in [2.05, 4.69) is 0 Å². The number of carbonyl (C=O) groups is 5. The van der Waals surface area contributed by atoms with Gasteiger partial charge in [-0.1, -0.05) is 6.07 Å². The van der Waals surface area contributed by atoms with E-state index in [1.807, 2.05) is 0 Å². The van der Waals surface area contributed by atoms with Crippen LogP contribution in [0.15, 0.2) is 59.0 Å². The number of phenolic OH excluding ortho intramolecular Hbond substituents is 6. The van der Waals surface area contributed by atoms with Crippen LogP contribution >= 0.6 is 0 Å². The number of aliphatic carboxylic acids is 2. The van der Waals surface area contributed by atoms with Crippen molar-refractivity contribution >= 4 is 46.9 Å². The third kappa shape index (κ3) is 11.6. The minimum absolute atomic E-state index is 0.233. The van der Waals surface area contributed by atoms with Gasteiger partial charge < -0.3 is 99.5 Å². The van der Waals surface area contributed by atoms with Crippen LogP contribution in [0.5, 0.6) is 46.0 Å². The van der Waals surface area contributed by atoms with E-state index in [9.17, 15) is 80.1 Å². The molecule has 6 rings (SSSR count). The number of aromatic hydroxyl groups is 6. The number of ether oxygens (including phenoxy) is 7. The summed E-state index contributed by atoms with van der Waals surface area (Å²) in [4.78, 5) is 59.1. The molecule has 2 saturated heterocycles. The topological polar surface area (TPSA) is 424 Å². The molecule has 2 fully saturated rings. The summed E-state index contributed by atoms with van der Waals surface area (Å²) in [6, 6.07) is 8.42. The van der Waals surface area contributed by atoms with E-state index in [1.165, 1.54) is 12.1 Å². The number of esters is 3. The molecule has 0 aliphatic carbocycles.